The van der Waals surface area contributed by atoms with Crippen LogP contribution in [0.5, 0.6) is 34.5 Å². The number of carbonyl (C=O) groups excluding carboxylic acids is 4. The largest absolute Gasteiger partial charge is 0.497 e. The van der Waals surface area contributed by atoms with Gasteiger partial charge in [-0.2, -0.15) is 0 Å². The molecule has 11 nitrogen and oxygen atoms in total. The highest BCUT2D eigenvalue weighted by Gasteiger charge is 2.26. The Balaban J connectivity index is 0.951. The molecule has 2 unspecified atom stereocenters. The fourth-order valence-corrected chi connectivity index (χ4v) is 5.82. The highest BCUT2D eigenvalue weighted by Crippen LogP contribution is 2.26. The third kappa shape index (κ3) is 13.6. The van der Waals surface area contributed by atoms with E-state index in [0.717, 1.165) is 22.4 Å². The third-order valence-electron chi connectivity index (χ3n) is 9.28. The first-order valence-corrected chi connectivity index (χ1v) is 19.4. The topological polar surface area (TPSA) is 133 Å². The average molecular weight is 801 g/mol. The minimum absolute atomic E-state index is 0.216. The second-order valence-electron chi connectivity index (χ2n) is 13.6. The van der Waals surface area contributed by atoms with E-state index in [1.807, 2.05) is 55.5 Å². The van der Waals surface area contributed by atoms with Crippen LogP contribution in [-0.2, 0) is 19.1 Å². The molecule has 0 bridgehead atoms. The van der Waals surface area contributed by atoms with Crippen LogP contribution >= 0.6 is 0 Å². The molecule has 0 aliphatic heterocycles. The lowest BCUT2D eigenvalue weighted by molar-refractivity contribution is -0.149. The van der Waals surface area contributed by atoms with Crippen LogP contribution in [0, 0.1) is 11.8 Å². The van der Waals surface area contributed by atoms with Crippen molar-refractivity contribution in [2.75, 3.05) is 27.4 Å². The fourth-order valence-electron chi connectivity index (χ4n) is 5.82. The average Bonchev–Trinajstić information content (AvgIpc) is 3.27. The lowest BCUT2D eigenvalue weighted by Crippen LogP contribution is -2.26. The Labute approximate surface area is 344 Å². The molecular formula is C48H48O11. The molecule has 59 heavy (non-hydrogen) atoms. The Morgan fingerprint density at radius 2 is 1.05 bits per heavy atom. The van der Waals surface area contributed by atoms with Crippen molar-refractivity contribution >= 4 is 30.0 Å². The third-order valence-corrected chi connectivity index (χ3v) is 9.28. The van der Waals surface area contributed by atoms with Gasteiger partial charge in [-0.1, -0.05) is 50.2 Å². The monoisotopic (exact) mass is 800 g/mol. The van der Waals surface area contributed by atoms with Gasteiger partial charge in [0.1, 0.15) is 34.5 Å². The van der Waals surface area contributed by atoms with Crippen LogP contribution in [0.3, 0.4) is 0 Å². The van der Waals surface area contributed by atoms with Crippen LogP contribution in [-0.4, -0.2) is 51.3 Å². The standard InChI is InChI=1S/C48H48O11/c1-5-35(47(51)58-44-27-25-42(26-28-44)57-45(49)29-10-34-8-17-39(53-3)18-9-34)32-33(2)46(50)56-31-7-6-30-55-41-21-15-38(16-22-41)48(52)59-43-23-13-37(14-24-43)36-11-19-40(54-4)20-12-36/h8-29,33,35H,5-7,30-32H2,1-4H3/b29-10+. The lowest BCUT2D eigenvalue weighted by Gasteiger charge is -2.18. The minimum atomic E-state index is -0.556. The highest BCUT2D eigenvalue weighted by molar-refractivity contribution is 5.91. The number of benzene rings is 5. The Morgan fingerprint density at radius 3 is 1.63 bits per heavy atom. The van der Waals surface area contributed by atoms with E-state index >= 15 is 0 Å². The summed E-state index contributed by atoms with van der Waals surface area (Å²) >= 11 is 0. The molecule has 0 fully saturated rings. The zero-order valence-corrected chi connectivity index (χ0v) is 33.6. The molecule has 2 atom stereocenters. The Kier molecular flexibility index (Phi) is 16.2. The number of rotatable bonds is 20. The summed E-state index contributed by atoms with van der Waals surface area (Å²) in [6.07, 6.45) is 4.93. The first-order chi connectivity index (χ1) is 28.6. The van der Waals surface area contributed by atoms with Gasteiger partial charge in [0.2, 0.25) is 0 Å². The van der Waals surface area contributed by atoms with Crippen molar-refractivity contribution in [1.82, 2.24) is 0 Å². The summed E-state index contributed by atoms with van der Waals surface area (Å²) in [5, 5.41) is 0. The molecular weight excluding hydrogens is 753 g/mol. The summed E-state index contributed by atoms with van der Waals surface area (Å²) in [6.45, 7) is 4.20. The van der Waals surface area contributed by atoms with Gasteiger partial charge < -0.3 is 33.2 Å². The second kappa shape index (κ2) is 22.2. The molecule has 306 valence electrons. The summed E-state index contributed by atoms with van der Waals surface area (Å²) in [5.41, 5.74) is 3.21. The van der Waals surface area contributed by atoms with E-state index in [1.54, 1.807) is 87.9 Å². The van der Waals surface area contributed by atoms with E-state index in [2.05, 4.69) is 0 Å². The van der Waals surface area contributed by atoms with Gasteiger partial charge >= 0.3 is 23.9 Å². The zero-order chi connectivity index (χ0) is 42.0. The van der Waals surface area contributed by atoms with E-state index in [9.17, 15) is 19.2 Å². The number of unbranched alkanes of at least 4 members (excludes halogenated alkanes) is 1. The molecule has 5 aromatic carbocycles. The van der Waals surface area contributed by atoms with Crippen LogP contribution in [0.15, 0.2) is 127 Å². The molecule has 5 aromatic rings. The Bertz CT molecular complexity index is 2140. The van der Waals surface area contributed by atoms with Gasteiger partial charge in [0.15, 0.2) is 0 Å². The normalized spacial score (nSPS) is 11.9. The fraction of sp³-hybridized carbons (Fsp3) is 0.250. The molecule has 0 radical (unpaired) electrons. The van der Waals surface area contributed by atoms with Gasteiger partial charge in [-0.05, 0) is 133 Å². The van der Waals surface area contributed by atoms with Crippen LogP contribution in [0.1, 0.15) is 55.5 Å². The zero-order valence-electron chi connectivity index (χ0n) is 33.6. The molecule has 0 N–H and O–H groups in total. The number of hydrogen-bond acceptors (Lipinski definition) is 11. The van der Waals surface area contributed by atoms with Crippen LogP contribution < -0.4 is 28.4 Å². The molecule has 0 heterocycles. The molecule has 0 aliphatic rings. The highest BCUT2D eigenvalue weighted by atomic mass is 16.5. The maximum Gasteiger partial charge on any atom is 0.343 e. The summed E-state index contributed by atoms with van der Waals surface area (Å²) in [6, 6.07) is 35.1. The predicted molar refractivity (Wildman–Crippen MR) is 223 cm³/mol. The quantitative estimate of drug-likeness (QED) is 0.0323. The van der Waals surface area contributed by atoms with E-state index < -0.39 is 29.7 Å². The SMILES string of the molecule is CCC(CC(C)C(=O)OCCCCOc1ccc(C(=O)Oc2ccc(-c3ccc(OC)cc3)cc2)cc1)C(=O)Oc1ccc(OC(=O)/C=C/c2ccc(OC)cc2)cc1. The van der Waals surface area contributed by atoms with Crippen molar-refractivity contribution in [1.29, 1.82) is 0 Å². The van der Waals surface area contributed by atoms with Crippen LogP contribution in [0.25, 0.3) is 17.2 Å². The molecule has 5 rings (SSSR count). The molecule has 0 amide bonds. The molecule has 11 heteroatoms. The van der Waals surface area contributed by atoms with Gasteiger partial charge in [0, 0.05) is 6.08 Å². The second-order valence-corrected chi connectivity index (χ2v) is 13.6. The summed E-state index contributed by atoms with van der Waals surface area (Å²) in [4.78, 5) is 50.6. The smallest absolute Gasteiger partial charge is 0.343 e. The van der Waals surface area contributed by atoms with Gasteiger partial charge in [0.25, 0.3) is 0 Å². The van der Waals surface area contributed by atoms with Gasteiger partial charge in [-0.3, -0.25) is 9.59 Å². The first-order valence-electron chi connectivity index (χ1n) is 19.4. The van der Waals surface area contributed by atoms with Crippen LogP contribution in [0.2, 0.25) is 0 Å². The van der Waals surface area contributed by atoms with Crippen molar-refractivity contribution in [3.8, 4) is 45.6 Å². The number of hydrogen-bond donors (Lipinski definition) is 0. The number of carbonyl (C=O) groups is 4. The number of methoxy groups -OCH3 is 2. The maximum atomic E-state index is 12.9. The van der Waals surface area contributed by atoms with Crippen molar-refractivity contribution in [2.24, 2.45) is 11.8 Å². The van der Waals surface area contributed by atoms with E-state index in [-0.39, 0.29) is 19.0 Å². The Hall–Kier alpha value is -6.88. The predicted octanol–water partition coefficient (Wildman–Crippen LogP) is 9.57. The van der Waals surface area contributed by atoms with E-state index in [0.29, 0.717) is 60.2 Å². The van der Waals surface area contributed by atoms with Gasteiger partial charge in [0.05, 0.1) is 44.8 Å². The summed E-state index contributed by atoms with van der Waals surface area (Å²) in [5.74, 6) is 0.206. The summed E-state index contributed by atoms with van der Waals surface area (Å²) < 4.78 is 38.1. The lowest BCUT2D eigenvalue weighted by atomic mass is 9.94. The molecule has 0 saturated carbocycles. The first kappa shape index (κ1) is 43.2. The van der Waals surface area contributed by atoms with Crippen molar-refractivity contribution in [3.05, 3.63) is 139 Å². The molecule has 0 spiro atoms. The van der Waals surface area contributed by atoms with Gasteiger partial charge in [-0.25, -0.2) is 9.59 Å². The van der Waals surface area contributed by atoms with Crippen molar-refractivity contribution < 1.29 is 52.3 Å². The van der Waals surface area contributed by atoms with Gasteiger partial charge in [-0.15, -0.1) is 0 Å². The summed E-state index contributed by atoms with van der Waals surface area (Å²) in [7, 11) is 3.21. The van der Waals surface area contributed by atoms with E-state index in [1.165, 1.54) is 18.2 Å². The maximum absolute atomic E-state index is 12.9. The van der Waals surface area contributed by atoms with Crippen molar-refractivity contribution in [3.63, 3.8) is 0 Å². The van der Waals surface area contributed by atoms with Crippen LogP contribution in [0.4, 0.5) is 0 Å². The van der Waals surface area contributed by atoms with E-state index in [4.69, 9.17) is 33.2 Å². The van der Waals surface area contributed by atoms with Crippen molar-refractivity contribution in [2.45, 2.75) is 39.5 Å². The molecule has 0 aromatic heterocycles. The Morgan fingerprint density at radius 1 is 0.559 bits per heavy atom. The minimum Gasteiger partial charge on any atom is -0.497 e. The molecule has 0 saturated heterocycles. The molecule has 0 aliphatic carbocycles. The number of ether oxygens (including phenoxy) is 7. The number of esters is 4.